The Hall–Kier alpha value is -2.57. The topological polar surface area (TPSA) is 119 Å². The molecule has 2 rings (SSSR count). The monoisotopic (exact) mass is 511 g/mol. The fourth-order valence-corrected chi connectivity index (χ4v) is 3.66. The Balaban J connectivity index is 2.11. The van der Waals surface area contributed by atoms with Crippen molar-refractivity contribution in [1.82, 2.24) is 4.98 Å². The summed E-state index contributed by atoms with van der Waals surface area (Å²) < 4.78 is 54.0. The van der Waals surface area contributed by atoms with E-state index in [-0.39, 0.29) is 18.0 Å². The van der Waals surface area contributed by atoms with E-state index >= 15 is 0 Å². The number of hydrogen-bond acceptors (Lipinski definition) is 10. The number of pyridine rings is 1. The highest BCUT2D eigenvalue weighted by atomic mass is 32.2. The van der Waals surface area contributed by atoms with Gasteiger partial charge in [0.25, 0.3) is 10.1 Å². The van der Waals surface area contributed by atoms with Crippen LogP contribution >= 0.6 is 0 Å². The van der Waals surface area contributed by atoms with Crippen LogP contribution in [0.4, 0.5) is 0 Å². The molecule has 1 aromatic carbocycles. The van der Waals surface area contributed by atoms with Gasteiger partial charge in [0.05, 0.1) is 52.1 Å². The third-order valence-corrected chi connectivity index (χ3v) is 5.33. The second-order valence-electron chi connectivity index (χ2n) is 7.69. The lowest BCUT2D eigenvalue weighted by molar-refractivity contribution is 0.0179. The number of hydrogen-bond donors (Lipinski definition) is 0. The molecule has 0 spiro atoms. The Bertz CT molecular complexity index is 1060. The molecule has 0 amide bonds. The molecule has 1 aromatic heterocycles. The molecule has 0 aliphatic heterocycles. The molecule has 0 unspecified atom stereocenters. The molecule has 11 heteroatoms. The summed E-state index contributed by atoms with van der Waals surface area (Å²) in [6.45, 7) is 6.40. The van der Waals surface area contributed by atoms with Gasteiger partial charge in [-0.1, -0.05) is 0 Å². The standard InChI is InChI=1S/C24H33NO9S/c1-17-12-21(33-11-10-32-9-8-31-7-6-29-3)13-18(2)23(17)19-14-20(16-34-35(5,27)28)25-22(15-19)24(26)30-4/h12-15H,6-11,16H2,1-5H3. The molecule has 35 heavy (non-hydrogen) atoms. The fraction of sp³-hybridized carbons (Fsp3) is 0.500. The summed E-state index contributed by atoms with van der Waals surface area (Å²) in [5.74, 6) is 0.0541. The van der Waals surface area contributed by atoms with Gasteiger partial charge in [0, 0.05) is 7.11 Å². The first-order valence-corrected chi connectivity index (χ1v) is 12.8. The lowest BCUT2D eigenvalue weighted by atomic mass is 9.95. The molecule has 194 valence electrons. The van der Waals surface area contributed by atoms with Gasteiger partial charge in [-0.05, 0) is 60.4 Å². The summed E-state index contributed by atoms with van der Waals surface area (Å²) in [5.41, 5.74) is 3.71. The molecule has 2 aromatic rings. The van der Waals surface area contributed by atoms with Crippen LogP contribution in [0.3, 0.4) is 0 Å². The van der Waals surface area contributed by atoms with E-state index in [1.165, 1.54) is 7.11 Å². The number of methoxy groups -OCH3 is 2. The minimum absolute atomic E-state index is 0.0552. The molecule has 0 bridgehead atoms. The zero-order chi connectivity index (χ0) is 25.8. The van der Waals surface area contributed by atoms with Crippen molar-refractivity contribution in [2.24, 2.45) is 0 Å². The summed E-state index contributed by atoms with van der Waals surface area (Å²) in [6, 6.07) is 7.08. The normalized spacial score (nSPS) is 11.5. The van der Waals surface area contributed by atoms with Crippen LogP contribution in [-0.4, -0.2) is 79.5 Å². The van der Waals surface area contributed by atoms with E-state index in [4.69, 9.17) is 27.9 Å². The predicted octanol–water partition coefficient (Wildman–Crippen LogP) is 2.69. The lowest BCUT2D eigenvalue weighted by Gasteiger charge is -2.15. The van der Waals surface area contributed by atoms with Crippen LogP contribution in [0.2, 0.25) is 0 Å². The molecule has 10 nitrogen and oxygen atoms in total. The Morgan fingerprint density at radius 1 is 0.886 bits per heavy atom. The largest absolute Gasteiger partial charge is 0.491 e. The Labute approximate surface area is 206 Å². The molecule has 0 N–H and O–H groups in total. The van der Waals surface area contributed by atoms with E-state index < -0.39 is 16.1 Å². The van der Waals surface area contributed by atoms with Crippen molar-refractivity contribution in [2.75, 3.05) is 60.1 Å². The van der Waals surface area contributed by atoms with Crippen molar-refractivity contribution in [3.63, 3.8) is 0 Å². The van der Waals surface area contributed by atoms with Gasteiger partial charge in [-0.2, -0.15) is 8.42 Å². The van der Waals surface area contributed by atoms with E-state index in [0.717, 1.165) is 22.9 Å². The molecule has 0 fully saturated rings. The van der Waals surface area contributed by atoms with Gasteiger partial charge in [0.15, 0.2) is 0 Å². The zero-order valence-corrected chi connectivity index (χ0v) is 21.6. The Morgan fingerprint density at radius 3 is 2.06 bits per heavy atom. The first-order valence-electron chi connectivity index (χ1n) is 11.0. The maximum Gasteiger partial charge on any atom is 0.356 e. The number of aromatic nitrogens is 1. The van der Waals surface area contributed by atoms with Crippen LogP contribution < -0.4 is 4.74 Å². The average molecular weight is 512 g/mol. The first kappa shape index (κ1) is 28.7. The molecular weight excluding hydrogens is 478 g/mol. The van der Waals surface area contributed by atoms with Crippen molar-refractivity contribution in [1.29, 1.82) is 0 Å². The number of benzene rings is 1. The van der Waals surface area contributed by atoms with E-state index in [0.29, 0.717) is 51.0 Å². The van der Waals surface area contributed by atoms with E-state index in [1.54, 1.807) is 19.2 Å². The molecule has 1 heterocycles. The van der Waals surface area contributed by atoms with Gasteiger partial charge in [-0.25, -0.2) is 9.78 Å². The number of esters is 1. The number of ether oxygens (including phenoxy) is 5. The van der Waals surface area contributed by atoms with Crippen molar-refractivity contribution in [2.45, 2.75) is 20.5 Å². The van der Waals surface area contributed by atoms with Crippen LogP contribution in [0.5, 0.6) is 5.75 Å². The number of nitrogens with zero attached hydrogens (tertiary/aromatic N) is 1. The highest BCUT2D eigenvalue weighted by Gasteiger charge is 2.16. The zero-order valence-electron chi connectivity index (χ0n) is 20.8. The maximum absolute atomic E-state index is 12.1. The van der Waals surface area contributed by atoms with Crippen LogP contribution in [0.1, 0.15) is 27.3 Å². The molecule has 0 aliphatic carbocycles. The number of carbonyl (C=O) groups excluding carboxylic acids is 1. The molecule has 0 atom stereocenters. The predicted molar refractivity (Wildman–Crippen MR) is 129 cm³/mol. The molecule has 0 radical (unpaired) electrons. The quantitative estimate of drug-likeness (QED) is 0.200. The van der Waals surface area contributed by atoms with Gasteiger partial charge in [-0.3, -0.25) is 4.18 Å². The third kappa shape index (κ3) is 9.90. The second-order valence-corrected chi connectivity index (χ2v) is 9.33. The van der Waals surface area contributed by atoms with E-state index in [9.17, 15) is 13.2 Å². The lowest BCUT2D eigenvalue weighted by Crippen LogP contribution is -2.12. The van der Waals surface area contributed by atoms with Gasteiger partial charge in [-0.15, -0.1) is 0 Å². The number of aryl methyl sites for hydroxylation is 2. The Morgan fingerprint density at radius 2 is 1.49 bits per heavy atom. The number of carbonyl (C=O) groups is 1. The highest BCUT2D eigenvalue weighted by molar-refractivity contribution is 7.85. The van der Waals surface area contributed by atoms with Crippen LogP contribution in [0.15, 0.2) is 24.3 Å². The van der Waals surface area contributed by atoms with Gasteiger partial charge >= 0.3 is 5.97 Å². The van der Waals surface area contributed by atoms with Crippen molar-refractivity contribution >= 4 is 16.1 Å². The van der Waals surface area contributed by atoms with Crippen LogP contribution in [-0.2, 0) is 39.9 Å². The Kier molecular flexibility index (Phi) is 11.5. The second kappa shape index (κ2) is 14.1. The first-order chi connectivity index (χ1) is 16.6. The van der Waals surface area contributed by atoms with Gasteiger partial charge < -0.3 is 23.7 Å². The minimum atomic E-state index is -3.68. The molecule has 0 saturated carbocycles. The molecule has 0 aliphatic rings. The number of rotatable bonds is 15. The fourth-order valence-electron chi connectivity index (χ4n) is 3.33. The smallest absolute Gasteiger partial charge is 0.356 e. The molecule has 0 saturated heterocycles. The van der Waals surface area contributed by atoms with Gasteiger partial charge in [0.2, 0.25) is 0 Å². The summed E-state index contributed by atoms with van der Waals surface area (Å²) in [7, 11) is -0.799. The molecular formula is C24H33NO9S. The van der Waals surface area contributed by atoms with E-state index in [2.05, 4.69) is 4.98 Å². The summed E-state index contributed by atoms with van der Waals surface area (Å²) >= 11 is 0. The summed E-state index contributed by atoms with van der Waals surface area (Å²) in [4.78, 5) is 16.3. The van der Waals surface area contributed by atoms with Crippen molar-refractivity contribution < 1.29 is 41.1 Å². The maximum atomic E-state index is 12.1. The van der Waals surface area contributed by atoms with Crippen molar-refractivity contribution in [3.8, 4) is 16.9 Å². The third-order valence-electron chi connectivity index (χ3n) is 4.79. The SMILES string of the molecule is COCCOCCOCCOc1cc(C)c(-c2cc(COS(C)(=O)=O)nc(C(=O)OC)c2)c(C)c1. The van der Waals surface area contributed by atoms with Gasteiger partial charge in [0.1, 0.15) is 24.7 Å². The summed E-state index contributed by atoms with van der Waals surface area (Å²) in [5, 5.41) is 0. The summed E-state index contributed by atoms with van der Waals surface area (Å²) in [6.07, 6.45) is 0.951. The minimum Gasteiger partial charge on any atom is -0.491 e. The van der Waals surface area contributed by atoms with Crippen LogP contribution in [0.25, 0.3) is 11.1 Å². The van der Waals surface area contributed by atoms with Crippen molar-refractivity contribution in [3.05, 3.63) is 46.8 Å². The average Bonchev–Trinajstić information content (AvgIpc) is 2.80. The van der Waals surface area contributed by atoms with Crippen LogP contribution in [0, 0.1) is 13.8 Å². The highest BCUT2D eigenvalue weighted by Crippen LogP contribution is 2.32. The van der Waals surface area contributed by atoms with E-state index in [1.807, 2.05) is 26.0 Å².